The van der Waals surface area contributed by atoms with Gasteiger partial charge in [0.25, 0.3) is 0 Å². The molecule has 1 unspecified atom stereocenters. The van der Waals surface area contributed by atoms with Gasteiger partial charge in [-0.2, -0.15) is 0 Å². The Morgan fingerprint density at radius 2 is 2.27 bits per heavy atom. The van der Waals surface area contributed by atoms with Gasteiger partial charge in [-0.05, 0) is 19.9 Å². The number of nitrogens with zero attached hydrogens (tertiary/aromatic N) is 1. The van der Waals surface area contributed by atoms with Gasteiger partial charge in [-0.15, -0.1) is 0 Å². The second-order valence-electron chi connectivity index (χ2n) is 3.49. The van der Waals surface area contributed by atoms with Crippen LogP contribution >= 0.6 is 0 Å². The molecule has 1 aliphatic rings. The molecule has 2 N–H and O–H groups in total. The van der Waals surface area contributed by atoms with Crippen molar-refractivity contribution in [1.29, 1.82) is 0 Å². The Kier molecular flexibility index (Phi) is 2.52. The van der Waals surface area contributed by atoms with Crippen LogP contribution in [0.25, 0.3) is 0 Å². The number of rotatable bonds is 1. The van der Waals surface area contributed by atoms with E-state index >= 15 is 0 Å². The zero-order valence-corrected chi connectivity index (χ0v) is 7.25. The fourth-order valence-corrected chi connectivity index (χ4v) is 1.52. The predicted molar refractivity (Wildman–Crippen MR) is 43.4 cm³/mol. The maximum absolute atomic E-state index is 9.79. The van der Waals surface area contributed by atoms with Crippen molar-refractivity contribution in [2.75, 3.05) is 20.1 Å². The number of aliphatic hydroxyl groups is 2. The van der Waals surface area contributed by atoms with E-state index in [2.05, 4.69) is 0 Å². The van der Waals surface area contributed by atoms with Gasteiger partial charge in [0.1, 0.15) is 0 Å². The summed E-state index contributed by atoms with van der Waals surface area (Å²) in [6, 6.07) is 0. The van der Waals surface area contributed by atoms with E-state index in [4.69, 9.17) is 0 Å². The smallest absolute Gasteiger partial charge is 0.0953 e. The first-order valence-corrected chi connectivity index (χ1v) is 4.17. The Balaban J connectivity index is 2.56. The molecule has 0 saturated carbocycles. The summed E-state index contributed by atoms with van der Waals surface area (Å²) in [7, 11) is 1.96. The van der Waals surface area contributed by atoms with E-state index in [9.17, 15) is 10.2 Å². The fraction of sp³-hybridized carbons (Fsp3) is 1.00. The molecule has 11 heavy (non-hydrogen) atoms. The van der Waals surface area contributed by atoms with Gasteiger partial charge in [-0.3, -0.25) is 0 Å². The Hall–Kier alpha value is -0.120. The minimum atomic E-state index is -0.827. The maximum Gasteiger partial charge on any atom is 0.0953 e. The summed E-state index contributed by atoms with van der Waals surface area (Å²) in [4.78, 5) is 2.04. The number of β-amino-alcohol motifs (C(OH)–C–C–N with tert-alkyl or cyclic N) is 1. The van der Waals surface area contributed by atoms with Crippen LogP contribution in [0.3, 0.4) is 0 Å². The molecule has 0 spiro atoms. The van der Waals surface area contributed by atoms with E-state index in [1.807, 2.05) is 18.9 Å². The molecule has 1 heterocycles. The molecule has 3 heteroatoms. The van der Waals surface area contributed by atoms with E-state index < -0.39 is 11.7 Å². The Bertz CT molecular complexity index is 140. The van der Waals surface area contributed by atoms with Crippen molar-refractivity contribution in [2.24, 2.45) is 0 Å². The van der Waals surface area contributed by atoms with Crippen molar-refractivity contribution < 1.29 is 10.2 Å². The predicted octanol–water partition coefficient (Wildman–Crippen LogP) is -0.176. The normalized spacial score (nSPS) is 40.9. The van der Waals surface area contributed by atoms with Crippen LogP contribution in [0.1, 0.15) is 19.8 Å². The van der Waals surface area contributed by atoms with Crippen molar-refractivity contribution >= 4 is 0 Å². The molecule has 2 atom stereocenters. The molecule has 1 aliphatic heterocycles. The summed E-state index contributed by atoms with van der Waals surface area (Å²) in [5.74, 6) is 0. The Morgan fingerprint density at radius 3 is 2.73 bits per heavy atom. The number of likely N-dealkylation sites (tertiary alicyclic amines) is 1. The first-order chi connectivity index (χ1) is 5.08. The average molecular weight is 159 g/mol. The highest BCUT2D eigenvalue weighted by molar-refractivity contribution is 4.91. The lowest BCUT2D eigenvalue weighted by atomic mass is 9.86. The summed E-state index contributed by atoms with van der Waals surface area (Å²) in [6.07, 6.45) is 0.745. The molecule has 0 amide bonds. The van der Waals surface area contributed by atoms with Gasteiger partial charge in [-0.25, -0.2) is 0 Å². The summed E-state index contributed by atoms with van der Waals surface area (Å²) in [5.41, 5.74) is -0.827. The zero-order valence-electron chi connectivity index (χ0n) is 7.25. The molecule has 0 radical (unpaired) electrons. The minimum absolute atomic E-state index is 0.578. The monoisotopic (exact) mass is 159 g/mol. The number of piperidine rings is 1. The minimum Gasteiger partial charge on any atom is -0.389 e. The molecule has 3 nitrogen and oxygen atoms in total. The molecule has 1 fully saturated rings. The quantitative estimate of drug-likeness (QED) is 0.558. The summed E-state index contributed by atoms with van der Waals surface area (Å²) < 4.78 is 0. The number of hydrogen-bond acceptors (Lipinski definition) is 3. The highest BCUT2D eigenvalue weighted by Crippen LogP contribution is 2.24. The van der Waals surface area contributed by atoms with Crippen molar-refractivity contribution in [1.82, 2.24) is 4.90 Å². The van der Waals surface area contributed by atoms with Gasteiger partial charge in [0, 0.05) is 13.1 Å². The third-order valence-electron chi connectivity index (χ3n) is 2.64. The summed E-state index contributed by atoms with van der Waals surface area (Å²) >= 11 is 0. The van der Waals surface area contributed by atoms with Crippen LogP contribution in [0.15, 0.2) is 0 Å². The lowest BCUT2D eigenvalue weighted by Gasteiger charge is -2.40. The van der Waals surface area contributed by atoms with Crippen LogP contribution in [0.5, 0.6) is 0 Å². The summed E-state index contributed by atoms with van der Waals surface area (Å²) in [6.45, 7) is 3.38. The van der Waals surface area contributed by atoms with Crippen molar-refractivity contribution in [3.8, 4) is 0 Å². The van der Waals surface area contributed by atoms with Crippen LogP contribution in [-0.2, 0) is 0 Å². The molecule has 0 aliphatic carbocycles. The van der Waals surface area contributed by atoms with Crippen LogP contribution in [-0.4, -0.2) is 47.0 Å². The highest BCUT2D eigenvalue weighted by atomic mass is 16.3. The number of aliphatic hydroxyl groups excluding tert-OH is 1. The molecule has 1 rings (SSSR count). The van der Waals surface area contributed by atoms with Crippen LogP contribution in [0.4, 0.5) is 0 Å². The molecule has 0 aromatic rings. The SMILES string of the molecule is CC[C@@]1(O)CCN(C)CC1O. The average Bonchev–Trinajstić information content (AvgIpc) is 1.98. The van der Waals surface area contributed by atoms with Crippen LogP contribution < -0.4 is 0 Å². The molecule has 0 aromatic carbocycles. The van der Waals surface area contributed by atoms with Gasteiger partial charge in [-0.1, -0.05) is 6.92 Å². The number of likely N-dealkylation sites (N-methyl/N-ethyl adjacent to an activating group) is 1. The maximum atomic E-state index is 9.79. The second kappa shape index (κ2) is 3.09. The lowest BCUT2D eigenvalue weighted by molar-refractivity contribution is -0.116. The molecule has 0 bridgehead atoms. The second-order valence-corrected chi connectivity index (χ2v) is 3.49. The molecular formula is C8H17NO2. The van der Waals surface area contributed by atoms with Gasteiger partial charge in [0.05, 0.1) is 11.7 Å². The molecule has 66 valence electrons. The Morgan fingerprint density at radius 1 is 1.64 bits per heavy atom. The largest absolute Gasteiger partial charge is 0.389 e. The van der Waals surface area contributed by atoms with Crippen molar-refractivity contribution in [2.45, 2.75) is 31.5 Å². The van der Waals surface area contributed by atoms with E-state index in [0.717, 1.165) is 6.54 Å². The molecule has 1 saturated heterocycles. The summed E-state index contributed by atoms with van der Waals surface area (Å²) in [5, 5.41) is 19.3. The standard InChI is InChI=1S/C8H17NO2/c1-3-8(11)4-5-9(2)6-7(8)10/h7,10-11H,3-6H2,1-2H3/t7?,8-/m1/s1. The van der Waals surface area contributed by atoms with E-state index in [0.29, 0.717) is 19.4 Å². The van der Waals surface area contributed by atoms with Crippen LogP contribution in [0.2, 0.25) is 0 Å². The first-order valence-electron chi connectivity index (χ1n) is 4.17. The van der Waals surface area contributed by atoms with Gasteiger partial charge in [0.15, 0.2) is 0 Å². The van der Waals surface area contributed by atoms with Gasteiger partial charge in [0.2, 0.25) is 0 Å². The van der Waals surface area contributed by atoms with E-state index in [-0.39, 0.29) is 0 Å². The van der Waals surface area contributed by atoms with Gasteiger partial charge < -0.3 is 15.1 Å². The lowest BCUT2D eigenvalue weighted by Crippen LogP contribution is -2.54. The van der Waals surface area contributed by atoms with Crippen molar-refractivity contribution in [3.05, 3.63) is 0 Å². The van der Waals surface area contributed by atoms with E-state index in [1.165, 1.54) is 0 Å². The number of hydrogen-bond donors (Lipinski definition) is 2. The third kappa shape index (κ3) is 1.72. The first kappa shape index (κ1) is 8.97. The topological polar surface area (TPSA) is 43.7 Å². The van der Waals surface area contributed by atoms with Gasteiger partial charge >= 0.3 is 0 Å². The highest BCUT2D eigenvalue weighted by Gasteiger charge is 2.37. The molecule has 0 aromatic heterocycles. The van der Waals surface area contributed by atoms with Crippen molar-refractivity contribution in [3.63, 3.8) is 0 Å². The van der Waals surface area contributed by atoms with Crippen LogP contribution in [0, 0.1) is 0 Å². The third-order valence-corrected chi connectivity index (χ3v) is 2.64. The van der Waals surface area contributed by atoms with E-state index in [1.54, 1.807) is 0 Å². The fourth-order valence-electron chi connectivity index (χ4n) is 1.52. The Labute approximate surface area is 67.6 Å². The molecular weight excluding hydrogens is 142 g/mol. The zero-order chi connectivity index (χ0) is 8.48.